The molecule has 0 radical (unpaired) electrons. The zero-order chi connectivity index (χ0) is 11.4. The van der Waals surface area contributed by atoms with Crippen molar-refractivity contribution in [1.82, 2.24) is 4.90 Å². The molecule has 16 heavy (non-hydrogen) atoms. The molecule has 2 nitrogen and oxygen atoms in total. The summed E-state index contributed by atoms with van der Waals surface area (Å²) < 4.78 is 0. The van der Waals surface area contributed by atoms with Gasteiger partial charge in [-0.25, -0.2) is 0 Å². The molecule has 2 heteroatoms. The van der Waals surface area contributed by atoms with Crippen LogP contribution >= 0.6 is 0 Å². The molecule has 1 aromatic rings. The fraction of sp³-hybridized carbons (Fsp3) is 0.571. The van der Waals surface area contributed by atoms with Gasteiger partial charge in [-0.3, -0.25) is 0 Å². The molecule has 0 spiro atoms. The molecule has 0 atom stereocenters. The third-order valence-electron chi connectivity index (χ3n) is 3.48. The van der Waals surface area contributed by atoms with Crippen LogP contribution < -0.4 is 0 Å². The van der Waals surface area contributed by atoms with Crippen LogP contribution in [-0.2, 0) is 6.54 Å². The Morgan fingerprint density at radius 3 is 2.62 bits per heavy atom. The minimum absolute atomic E-state index is 0.417. The summed E-state index contributed by atoms with van der Waals surface area (Å²) in [5.74, 6) is 1.29. The average Bonchev–Trinajstić information content (AvgIpc) is 2.74. The summed E-state index contributed by atoms with van der Waals surface area (Å²) in [6.07, 6.45) is 5.56. The lowest BCUT2D eigenvalue weighted by molar-refractivity contribution is 0.268. The Bertz CT molecular complexity index is 331. The maximum atomic E-state index is 9.69. The molecule has 0 aliphatic heterocycles. The molecule has 0 heterocycles. The number of para-hydroxylation sites is 1. The Labute approximate surface area is 97.9 Å². The van der Waals surface area contributed by atoms with Crippen LogP contribution in [-0.4, -0.2) is 23.6 Å². The highest BCUT2D eigenvalue weighted by atomic mass is 16.3. The molecular weight excluding hydrogens is 198 g/mol. The Morgan fingerprint density at radius 1 is 1.25 bits per heavy atom. The second-order valence-corrected chi connectivity index (χ2v) is 4.98. The van der Waals surface area contributed by atoms with Crippen LogP contribution in [0, 0.1) is 5.92 Å². The van der Waals surface area contributed by atoms with Gasteiger partial charge in [-0.15, -0.1) is 0 Å². The van der Waals surface area contributed by atoms with E-state index in [-0.39, 0.29) is 0 Å². The number of hydrogen-bond donors (Lipinski definition) is 1. The standard InChI is InChI=1S/C14H21NO/c1-15(10-12-6-2-3-7-12)11-13-8-4-5-9-14(13)16/h4-5,8-9,12,16H,2-3,6-7,10-11H2,1H3. The molecule has 1 N–H and O–H groups in total. The molecule has 0 saturated heterocycles. The van der Waals surface area contributed by atoms with E-state index in [0.29, 0.717) is 5.75 Å². The van der Waals surface area contributed by atoms with Gasteiger partial charge in [-0.1, -0.05) is 31.0 Å². The summed E-state index contributed by atoms with van der Waals surface area (Å²) in [7, 11) is 2.14. The van der Waals surface area contributed by atoms with E-state index in [1.165, 1.54) is 25.7 Å². The lowest BCUT2D eigenvalue weighted by atomic mass is 10.1. The first-order valence-electron chi connectivity index (χ1n) is 6.21. The van der Waals surface area contributed by atoms with Crippen LogP contribution in [0.15, 0.2) is 24.3 Å². The first kappa shape index (κ1) is 11.5. The second-order valence-electron chi connectivity index (χ2n) is 4.98. The normalized spacial score (nSPS) is 17.1. The highest BCUT2D eigenvalue weighted by Gasteiger charge is 2.17. The van der Waals surface area contributed by atoms with Gasteiger partial charge < -0.3 is 10.0 Å². The maximum absolute atomic E-state index is 9.69. The molecular formula is C14H21NO. The van der Waals surface area contributed by atoms with Crippen LogP contribution in [0.1, 0.15) is 31.2 Å². The van der Waals surface area contributed by atoms with E-state index in [4.69, 9.17) is 0 Å². The molecule has 0 unspecified atom stereocenters. The van der Waals surface area contributed by atoms with Crippen LogP contribution in [0.4, 0.5) is 0 Å². The summed E-state index contributed by atoms with van der Waals surface area (Å²) in [5.41, 5.74) is 1.03. The molecule has 0 amide bonds. The minimum Gasteiger partial charge on any atom is -0.508 e. The lowest BCUT2D eigenvalue weighted by Crippen LogP contribution is -2.24. The maximum Gasteiger partial charge on any atom is 0.120 e. The minimum atomic E-state index is 0.417. The van der Waals surface area contributed by atoms with Crippen LogP contribution in [0.3, 0.4) is 0 Å². The van der Waals surface area contributed by atoms with E-state index in [2.05, 4.69) is 11.9 Å². The number of benzene rings is 1. The second kappa shape index (κ2) is 5.35. The van der Waals surface area contributed by atoms with E-state index in [9.17, 15) is 5.11 Å². The Hall–Kier alpha value is -1.02. The van der Waals surface area contributed by atoms with Gasteiger partial charge in [0.2, 0.25) is 0 Å². The highest BCUT2D eigenvalue weighted by molar-refractivity contribution is 5.31. The summed E-state index contributed by atoms with van der Waals surface area (Å²) >= 11 is 0. The molecule has 1 saturated carbocycles. The van der Waals surface area contributed by atoms with Gasteiger partial charge in [0.1, 0.15) is 5.75 Å². The molecule has 88 valence electrons. The van der Waals surface area contributed by atoms with Crippen LogP contribution in [0.5, 0.6) is 5.75 Å². The smallest absolute Gasteiger partial charge is 0.120 e. The van der Waals surface area contributed by atoms with E-state index in [0.717, 1.165) is 24.6 Å². The van der Waals surface area contributed by atoms with Gasteiger partial charge >= 0.3 is 0 Å². The summed E-state index contributed by atoms with van der Waals surface area (Å²) in [6.45, 7) is 2.01. The lowest BCUT2D eigenvalue weighted by Gasteiger charge is -2.21. The van der Waals surface area contributed by atoms with Crippen molar-refractivity contribution in [2.24, 2.45) is 5.92 Å². The topological polar surface area (TPSA) is 23.5 Å². The van der Waals surface area contributed by atoms with Gasteiger partial charge in [0.05, 0.1) is 0 Å². The summed E-state index contributed by atoms with van der Waals surface area (Å²) in [5, 5.41) is 9.69. The molecule has 0 bridgehead atoms. The summed E-state index contributed by atoms with van der Waals surface area (Å²) in [6, 6.07) is 7.62. The number of aromatic hydroxyl groups is 1. The Balaban J connectivity index is 1.86. The zero-order valence-electron chi connectivity index (χ0n) is 10.0. The molecule has 1 aliphatic carbocycles. The van der Waals surface area contributed by atoms with Crippen LogP contribution in [0.25, 0.3) is 0 Å². The fourth-order valence-electron chi connectivity index (χ4n) is 2.63. The number of phenolic OH excluding ortho intramolecular Hbond substituents is 1. The van der Waals surface area contributed by atoms with Crippen molar-refractivity contribution in [1.29, 1.82) is 0 Å². The SMILES string of the molecule is CN(Cc1ccccc1O)CC1CCCC1. The predicted octanol–water partition coefficient (Wildman–Crippen LogP) is 3.01. The number of hydrogen-bond acceptors (Lipinski definition) is 2. The highest BCUT2D eigenvalue weighted by Crippen LogP contribution is 2.26. The van der Waals surface area contributed by atoms with Crippen LogP contribution in [0.2, 0.25) is 0 Å². The first-order valence-corrected chi connectivity index (χ1v) is 6.21. The fourth-order valence-corrected chi connectivity index (χ4v) is 2.63. The molecule has 2 rings (SSSR count). The molecule has 1 fully saturated rings. The van der Waals surface area contributed by atoms with Gasteiger partial charge in [0.25, 0.3) is 0 Å². The molecule has 0 aromatic heterocycles. The monoisotopic (exact) mass is 219 g/mol. The summed E-state index contributed by atoms with van der Waals surface area (Å²) in [4.78, 5) is 2.32. The van der Waals surface area contributed by atoms with Crippen molar-refractivity contribution in [2.45, 2.75) is 32.2 Å². The van der Waals surface area contributed by atoms with E-state index in [1.54, 1.807) is 6.07 Å². The Kier molecular flexibility index (Phi) is 3.83. The predicted molar refractivity (Wildman–Crippen MR) is 66.4 cm³/mol. The number of rotatable bonds is 4. The largest absolute Gasteiger partial charge is 0.508 e. The van der Waals surface area contributed by atoms with Crippen molar-refractivity contribution < 1.29 is 5.11 Å². The van der Waals surface area contributed by atoms with Crippen molar-refractivity contribution in [3.8, 4) is 5.75 Å². The van der Waals surface area contributed by atoms with Crippen molar-refractivity contribution >= 4 is 0 Å². The average molecular weight is 219 g/mol. The van der Waals surface area contributed by atoms with Gasteiger partial charge in [-0.05, 0) is 31.9 Å². The third kappa shape index (κ3) is 2.99. The number of nitrogens with zero attached hydrogens (tertiary/aromatic N) is 1. The van der Waals surface area contributed by atoms with E-state index < -0.39 is 0 Å². The van der Waals surface area contributed by atoms with Gasteiger partial charge in [-0.2, -0.15) is 0 Å². The third-order valence-corrected chi connectivity index (χ3v) is 3.48. The molecule has 1 aliphatic rings. The van der Waals surface area contributed by atoms with E-state index >= 15 is 0 Å². The van der Waals surface area contributed by atoms with Gasteiger partial charge in [0, 0.05) is 18.7 Å². The quantitative estimate of drug-likeness (QED) is 0.841. The van der Waals surface area contributed by atoms with Gasteiger partial charge in [0.15, 0.2) is 0 Å². The van der Waals surface area contributed by atoms with E-state index in [1.807, 2.05) is 18.2 Å². The number of phenols is 1. The molecule has 1 aromatic carbocycles. The zero-order valence-corrected chi connectivity index (χ0v) is 10.0. The van der Waals surface area contributed by atoms with Crippen molar-refractivity contribution in [3.63, 3.8) is 0 Å². The Morgan fingerprint density at radius 2 is 1.94 bits per heavy atom. The van der Waals surface area contributed by atoms with Crippen molar-refractivity contribution in [2.75, 3.05) is 13.6 Å². The first-order chi connectivity index (χ1) is 7.75. The van der Waals surface area contributed by atoms with Crippen molar-refractivity contribution in [3.05, 3.63) is 29.8 Å².